The molecule has 1 heterocycles. The van der Waals surface area contributed by atoms with Gasteiger partial charge in [0, 0.05) is 19.7 Å². The van der Waals surface area contributed by atoms with Crippen LogP contribution in [0, 0.1) is 13.7 Å². The lowest BCUT2D eigenvalue weighted by atomic mass is 10.2. The zero-order valence-corrected chi connectivity index (χ0v) is 10.6. The second-order valence-corrected chi connectivity index (χ2v) is 5.12. The van der Waals surface area contributed by atoms with Crippen molar-refractivity contribution in [3.8, 4) is 0 Å². The van der Waals surface area contributed by atoms with Crippen LogP contribution in [0.25, 0.3) is 10.1 Å². The normalized spacial score (nSPS) is 10.7. The molecule has 0 saturated carbocycles. The van der Waals surface area contributed by atoms with Gasteiger partial charge in [-0.15, -0.1) is 24.0 Å². The molecule has 0 N–H and O–H groups in total. The number of hydrogen-bond donors (Lipinski definition) is 1. The van der Waals surface area contributed by atoms with Crippen molar-refractivity contribution < 1.29 is 4.92 Å². The Hall–Kier alpha value is -0.340. The third-order valence-electron chi connectivity index (χ3n) is 1.85. The van der Waals surface area contributed by atoms with Gasteiger partial charge in [0.25, 0.3) is 5.69 Å². The fourth-order valence-electron chi connectivity index (χ4n) is 1.19. The summed E-state index contributed by atoms with van der Waals surface area (Å²) in [7, 11) is 0. The SMILES string of the molecule is O=[N+]([O-])c1cc2sccc2c(I)c1S. The molecule has 0 amide bonds. The van der Waals surface area contributed by atoms with Crippen LogP contribution in [-0.2, 0) is 0 Å². The van der Waals surface area contributed by atoms with E-state index in [1.165, 1.54) is 11.3 Å². The van der Waals surface area contributed by atoms with Crippen LogP contribution in [0.5, 0.6) is 0 Å². The Balaban J connectivity index is 2.87. The minimum Gasteiger partial charge on any atom is -0.258 e. The average Bonchev–Trinajstić information content (AvgIpc) is 2.58. The number of fused-ring (bicyclic) bond motifs is 1. The molecule has 0 bridgehead atoms. The van der Waals surface area contributed by atoms with E-state index < -0.39 is 4.92 Å². The summed E-state index contributed by atoms with van der Waals surface area (Å²) in [5, 5.41) is 13.7. The van der Waals surface area contributed by atoms with Crippen molar-refractivity contribution in [1.82, 2.24) is 0 Å². The number of hydrogen-bond acceptors (Lipinski definition) is 4. The van der Waals surface area contributed by atoms with Gasteiger partial charge in [-0.05, 0) is 34.0 Å². The number of benzene rings is 1. The summed E-state index contributed by atoms with van der Waals surface area (Å²) < 4.78 is 1.77. The minimum atomic E-state index is -0.399. The van der Waals surface area contributed by atoms with Gasteiger partial charge >= 0.3 is 0 Å². The summed E-state index contributed by atoms with van der Waals surface area (Å²) in [6.07, 6.45) is 0. The van der Waals surface area contributed by atoms with Gasteiger partial charge in [-0.2, -0.15) is 0 Å². The van der Waals surface area contributed by atoms with Crippen LogP contribution >= 0.6 is 46.6 Å². The Morgan fingerprint density at radius 1 is 1.57 bits per heavy atom. The second kappa shape index (κ2) is 3.67. The van der Waals surface area contributed by atoms with Crippen LogP contribution in [0.3, 0.4) is 0 Å². The number of nitrogens with zero attached hydrogens (tertiary/aromatic N) is 1. The molecule has 0 saturated heterocycles. The van der Waals surface area contributed by atoms with Gasteiger partial charge in [-0.25, -0.2) is 0 Å². The van der Waals surface area contributed by atoms with Gasteiger partial charge in [-0.1, -0.05) is 0 Å². The molecule has 0 unspecified atom stereocenters. The number of halogens is 1. The first kappa shape index (κ1) is 10.2. The number of rotatable bonds is 1. The molecule has 2 rings (SSSR count). The lowest BCUT2D eigenvalue weighted by molar-refractivity contribution is -0.387. The molecule has 0 aliphatic carbocycles. The minimum absolute atomic E-state index is 0.0766. The van der Waals surface area contributed by atoms with Gasteiger partial charge in [0.05, 0.1) is 9.82 Å². The van der Waals surface area contributed by atoms with E-state index in [9.17, 15) is 10.1 Å². The van der Waals surface area contributed by atoms with Crippen molar-refractivity contribution in [2.45, 2.75) is 4.90 Å². The largest absolute Gasteiger partial charge is 0.285 e. The summed E-state index contributed by atoms with van der Waals surface area (Å²) in [5.41, 5.74) is 0.0766. The lowest BCUT2D eigenvalue weighted by Gasteiger charge is -2.00. The molecule has 0 fully saturated rings. The van der Waals surface area contributed by atoms with Crippen molar-refractivity contribution in [2.75, 3.05) is 0 Å². The molecule has 0 radical (unpaired) electrons. The van der Waals surface area contributed by atoms with Crippen molar-refractivity contribution in [3.63, 3.8) is 0 Å². The highest BCUT2D eigenvalue weighted by atomic mass is 127. The molecule has 0 aliphatic rings. The average molecular weight is 337 g/mol. The predicted octanol–water partition coefficient (Wildman–Crippen LogP) is 3.70. The molecule has 0 spiro atoms. The summed E-state index contributed by atoms with van der Waals surface area (Å²) in [6, 6.07) is 3.52. The molecule has 1 aromatic heterocycles. The summed E-state index contributed by atoms with van der Waals surface area (Å²) in [4.78, 5) is 10.7. The number of nitro benzene ring substituents is 1. The molecule has 0 aliphatic heterocycles. The monoisotopic (exact) mass is 337 g/mol. The molecule has 0 atom stereocenters. The number of nitro groups is 1. The Morgan fingerprint density at radius 3 is 2.93 bits per heavy atom. The highest BCUT2D eigenvalue weighted by Gasteiger charge is 2.17. The van der Waals surface area contributed by atoms with E-state index in [-0.39, 0.29) is 5.69 Å². The van der Waals surface area contributed by atoms with Gasteiger partial charge in [0.2, 0.25) is 0 Å². The van der Waals surface area contributed by atoms with E-state index in [1.54, 1.807) is 6.07 Å². The van der Waals surface area contributed by atoms with Gasteiger partial charge in [-0.3, -0.25) is 10.1 Å². The van der Waals surface area contributed by atoms with Gasteiger partial charge in [0.1, 0.15) is 0 Å². The highest BCUT2D eigenvalue weighted by molar-refractivity contribution is 14.1. The lowest BCUT2D eigenvalue weighted by Crippen LogP contribution is -1.91. The standard InChI is InChI=1S/C8H4INO2S2/c9-7-4-1-2-14-6(4)3-5(8(7)13)10(11)12/h1-3,13H. The van der Waals surface area contributed by atoms with Crippen molar-refractivity contribution >= 4 is 62.3 Å². The smallest absolute Gasteiger partial charge is 0.258 e. The molecule has 14 heavy (non-hydrogen) atoms. The zero-order valence-electron chi connectivity index (χ0n) is 6.73. The molecular formula is C8H4INO2S2. The summed E-state index contributed by atoms with van der Waals surface area (Å²) >= 11 is 7.74. The van der Waals surface area contributed by atoms with Crippen molar-refractivity contribution in [2.24, 2.45) is 0 Å². The van der Waals surface area contributed by atoms with Crippen LogP contribution in [0.15, 0.2) is 22.4 Å². The second-order valence-electron chi connectivity index (χ2n) is 2.65. The maximum absolute atomic E-state index is 10.7. The van der Waals surface area contributed by atoms with E-state index in [0.717, 1.165) is 13.7 Å². The Bertz CT molecular complexity index is 523. The predicted molar refractivity (Wildman–Crippen MR) is 68.4 cm³/mol. The van der Waals surface area contributed by atoms with Gasteiger partial charge < -0.3 is 0 Å². The molecule has 6 heteroatoms. The quantitative estimate of drug-likeness (QED) is 0.373. The van der Waals surface area contributed by atoms with E-state index >= 15 is 0 Å². The fraction of sp³-hybridized carbons (Fsp3) is 0. The van der Waals surface area contributed by atoms with Crippen LogP contribution in [0.1, 0.15) is 0 Å². The maximum atomic E-state index is 10.7. The third-order valence-corrected chi connectivity index (χ3v) is 4.71. The molecule has 72 valence electrons. The van der Waals surface area contributed by atoms with Gasteiger partial charge in [0.15, 0.2) is 0 Å². The molecular weight excluding hydrogens is 333 g/mol. The Morgan fingerprint density at radius 2 is 2.29 bits per heavy atom. The topological polar surface area (TPSA) is 43.1 Å². The summed E-state index contributed by atoms with van der Waals surface area (Å²) in [5.74, 6) is 0. The van der Waals surface area contributed by atoms with Crippen molar-refractivity contribution in [1.29, 1.82) is 0 Å². The molecule has 2 aromatic rings. The number of thiol groups is 1. The van der Waals surface area contributed by atoms with Crippen LogP contribution in [-0.4, -0.2) is 4.92 Å². The van der Waals surface area contributed by atoms with Crippen LogP contribution < -0.4 is 0 Å². The van der Waals surface area contributed by atoms with E-state index in [1.807, 2.05) is 11.4 Å². The Labute approximate surface area is 103 Å². The molecule has 3 nitrogen and oxygen atoms in total. The number of thiophene rings is 1. The Kier molecular flexibility index (Phi) is 2.67. The highest BCUT2D eigenvalue weighted by Crippen LogP contribution is 2.36. The maximum Gasteiger partial charge on any atom is 0.285 e. The first-order chi connectivity index (χ1) is 6.61. The van der Waals surface area contributed by atoms with E-state index in [4.69, 9.17) is 0 Å². The van der Waals surface area contributed by atoms with Crippen LogP contribution in [0.2, 0.25) is 0 Å². The fourth-order valence-corrected chi connectivity index (χ4v) is 3.21. The van der Waals surface area contributed by atoms with Crippen molar-refractivity contribution in [3.05, 3.63) is 31.2 Å². The third kappa shape index (κ3) is 1.51. The van der Waals surface area contributed by atoms with E-state index in [0.29, 0.717) is 4.90 Å². The van der Waals surface area contributed by atoms with E-state index in [2.05, 4.69) is 35.2 Å². The molecule has 1 aromatic carbocycles. The summed E-state index contributed by atoms with van der Waals surface area (Å²) in [6.45, 7) is 0. The first-order valence-corrected chi connectivity index (χ1v) is 6.05. The zero-order chi connectivity index (χ0) is 10.3. The first-order valence-electron chi connectivity index (χ1n) is 3.64. The van der Waals surface area contributed by atoms with Crippen LogP contribution in [0.4, 0.5) is 5.69 Å².